The van der Waals surface area contributed by atoms with Crippen LogP contribution in [0.3, 0.4) is 0 Å². The second kappa shape index (κ2) is 8.63. The molecular formula is C21H34N2O2. The molecular weight excluding hydrogens is 312 g/mol. The van der Waals surface area contributed by atoms with Gasteiger partial charge in [-0.3, -0.25) is 9.80 Å². The molecule has 0 radical (unpaired) electrons. The minimum atomic E-state index is -0.581. The molecule has 0 spiro atoms. The molecule has 4 nitrogen and oxygen atoms in total. The second-order valence-electron chi connectivity index (χ2n) is 8.34. The first-order valence-electron chi connectivity index (χ1n) is 9.84. The first kappa shape index (κ1) is 18.8. The van der Waals surface area contributed by atoms with Crippen LogP contribution < -0.4 is 0 Å². The maximum atomic E-state index is 9.84. The van der Waals surface area contributed by atoms with E-state index < -0.39 is 5.60 Å². The summed E-state index contributed by atoms with van der Waals surface area (Å²) in [6.45, 7) is 11.5. The molecule has 0 amide bonds. The lowest BCUT2D eigenvalue weighted by Crippen LogP contribution is -2.48. The number of hydrogen-bond acceptors (Lipinski definition) is 4. The zero-order valence-corrected chi connectivity index (χ0v) is 15.9. The lowest BCUT2D eigenvalue weighted by Gasteiger charge is -2.35. The molecule has 4 heteroatoms. The van der Waals surface area contributed by atoms with Crippen LogP contribution in [0.15, 0.2) is 24.3 Å². The first-order valence-corrected chi connectivity index (χ1v) is 9.84. The highest BCUT2D eigenvalue weighted by atomic mass is 16.5. The number of hydrogen-bond donors (Lipinski definition) is 1. The van der Waals surface area contributed by atoms with Crippen molar-refractivity contribution in [2.24, 2.45) is 0 Å². The molecule has 2 heterocycles. The van der Waals surface area contributed by atoms with Gasteiger partial charge >= 0.3 is 0 Å². The fourth-order valence-corrected chi connectivity index (χ4v) is 3.73. The van der Waals surface area contributed by atoms with Crippen molar-refractivity contribution < 1.29 is 9.84 Å². The summed E-state index contributed by atoms with van der Waals surface area (Å²) in [7, 11) is 0. The molecule has 2 fully saturated rings. The topological polar surface area (TPSA) is 35.9 Å². The van der Waals surface area contributed by atoms with E-state index in [1.165, 1.54) is 24.0 Å². The van der Waals surface area contributed by atoms with Crippen molar-refractivity contribution in [1.29, 1.82) is 0 Å². The third-order valence-electron chi connectivity index (χ3n) is 5.41. The normalized spacial score (nSPS) is 23.2. The molecule has 3 rings (SSSR count). The Morgan fingerprint density at radius 1 is 1.04 bits per heavy atom. The van der Waals surface area contributed by atoms with Gasteiger partial charge in [0.05, 0.1) is 11.7 Å². The maximum Gasteiger partial charge on any atom is 0.0702 e. The summed E-state index contributed by atoms with van der Waals surface area (Å²) < 4.78 is 5.76. The molecule has 1 aromatic carbocycles. The monoisotopic (exact) mass is 346 g/mol. The Morgan fingerprint density at radius 3 is 2.28 bits per heavy atom. The van der Waals surface area contributed by atoms with E-state index in [0.29, 0.717) is 6.10 Å². The minimum absolute atomic E-state index is 0.475. The third kappa shape index (κ3) is 6.37. The van der Waals surface area contributed by atoms with Gasteiger partial charge in [0.1, 0.15) is 0 Å². The van der Waals surface area contributed by atoms with Crippen molar-refractivity contribution in [3.63, 3.8) is 0 Å². The van der Waals surface area contributed by atoms with Gasteiger partial charge in [-0.1, -0.05) is 24.3 Å². The summed E-state index contributed by atoms with van der Waals surface area (Å²) in [4.78, 5) is 5.12. The van der Waals surface area contributed by atoms with Crippen molar-refractivity contribution in [2.75, 3.05) is 39.3 Å². The molecule has 0 unspecified atom stereocenters. The highest BCUT2D eigenvalue weighted by molar-refractivity contribution is 5.22. The summed E-state index contributed by atoms with van der Waals surface area (Å²) in [5, 5.41) is 9.84. The second-order valence-corrected chi connectivity index (χ2v) is 8.34. The Kier molecular flexibility index (Phi) is 6.50. The molecule has 1 N–H and O–H groups in total. The smallest absolute Gasteiger partial charge is 0.0702 e. The Morgan fingerprint density at radius 2 is 1.68 bits per heavy atom. The largest absolute Gasteiger partial charge is 0.390 e. The maximum absolute atomic E-state index is 9.84. The molecule has 1 atom stereocenters. The van der Waals surface area contributed by atoms with Crippen molar-refractivity contribution in [2.45, 2.75) is 57.8 Å². The number of aliphatic hydroxyl groups is 1. The highest BCUT2D eigenvalue weighted by Gasteiger charge is 2.22. The van der Waals surface area contributed by atoms with Gasteiger partial charge in [-0.2, -0.15) is 0 Å². The predicted molar refractivity (Wildman–Crippen MR) is 102 cm³/mol. The summed E-state index contributed by atoms with van der Waals surface area (Å²) in [6, 6.07) is 8.93. The van der Waals surface area contributed by atoms with Crippen LogP contribution in [0, 0.1) is 0 Å². The number of nitrogens with zero attached hydrogens (tertiary/aromatic N) is 2. The molecule has 0 aromatic heterocycles. The standard InChI is InChI=1S/C21H34N2O2/c1-21(2,24)10-9-18-5-7-19(8-6-18)16-22-11-13-23(14-12-22)17-20-4-3-15-25-20/h5-8,20,24H,3-4,9-17H2,1-2H3/t20-/m1/s1. The van der Waals surface area contributed by atoms with Crippen LogP contribution in [-0.4, -0.2) is 65.9 Å². The van der Waals surface area contributed by atoms with E-state index in [4.69, 9.17) is 4.74 Å². The van der Waals surface area contributed by atoms with E-state index in [1.54, 1.807) is 0 Å². The van der Waals surface area contributed by atoms with Crippen LogP contribution in [0.2, 0.25) is 0 Å². The SMILES string of the molecule is CC(C)(O)CCc1ccc(CN2CCN(C[C@H]3CCCO3)CC2)cc1. The van der Waals surface area contributed by atoms with Crippen molar-refractivity contribution >= 4 is 0 Å². The van der Waals surface area contributed by atoms with Crippen molar-refractivity contribution in [1.82, 2.24) is 9.80 Å². The Hall–Kier alpha value is -0.940. The molecule has 0 bridgehead atoms. The van der Waals surface area contributed by atoms with E-state index >= 15 is 0 Å². The van der Waals surface area contributed by atoms with Gasteiger partial charge in [-0.15, -0.1) is 0 Å². The zero-order chi connectivity index (χ0) is 17.7. The molecule has 2 aliphatic heterocycles. The van der Waals surface area contributed by atoms with Gasteiger partial charge in [0.25, 0.3) is 0 Å². The molecule has 25 heavy (non-hydrogen) atoms. The van der Waals surface area contributed by atoms with E-state index in [-0.39, 0.29) is 0 Å². The van der Waals surface area contributed by atoms with Crippen LogP contribution in [0.25, 0.3) is 0 Å². The summed E-state index contributed by atoms with van der Waals surface area (Å²) >= 11 is 0. The Labute approximate surface area is 152 Å². The lowest BCUT2D eigenvalue weighted by molar-refractivity contribution is 0.0489. The molecule has 0 saturated carbocycles. The fraction of sp³-hybridized carbons (Fsp3) is 0.714. The van der Waals surface area contributed by atoms with Gasteiger partial charge < -0.3 is 9.84 Å². The lowest BCUT2D eigenvalue weighted by atomic mass is 9.98. The zero-order valence-electron chi connectivity index (χ0n) is 15.9. The van der Waals surface area contributed by atoms with Crippen LogP contribution in [-0.2, 0) is 17.7 Å². The number of benzene rings is 1. The third-order valence-corrected chi connectivity index (χ3v) is 5.41. The molecule has 2 aliphatic rings. The number of ether oxygens (including phenoxy) is 1. The molecule has 2 saturated heterocycles. The van der Waals surface area contributed by atoms with E-state index in [1.807, 2.05) is 13.8 Å². The minimum Gasteiger partial charge on any atom is -0.390 e. The van der Waals surface area contributed by atoms with E-state index in [0.717, 1.165) is 58.7 Å². The highest BCUT2D eigenvalue weighted by Crippen LogP contribution is 2.17. The van der Waals surface area contributed by atoms with Crippen molar-refractivity contribution in [3.05, 3.63) is 35.4 Å². The predicted octanol–water partition coefficient (Wildman–Crippen LogP) is 2.69. The van der Waals surface area contributed by atoms with Gasteiger partial charge in [-0.25, -0.2) is 0 Å². The number of rotatable bonds is 7. The fourth-order valence-electron chi connectivity index (χ4n) is 3.73. The first-order chi connectivity index (χ1) is 12.0. The van der Waals surface area contributed by atoms with Gasteiger partial charge in [0, 0.05) is 45.9 Å². The number of aryl methyl sites for hydroxylation is 1. The Balaban J connectivity index is 1.39. The van der Waals surface area contributed by atoms with Crippen LogP contribution in [0.4, 0.5) is 0 Å². The molecule has 1 aromatic rings. The van der Waals surface area contributed by atoms with Crippen LogP contribution in [0.5, 0.6) is 0 Å². The summed E-state index contributed by atoms with van der Waals surface area (Å²) in [5.74, 6) is 0. The Bertz CT molecular complexity index is 510. The van der Waals surface area contributed by atoms with Crippen LogP contribution >= 0.6 is 0 Å². The van der Waals surface area contributed by atoms with E-state index in [2.05, 4.69) is 34.1 Å². The quantitative estimate of drug-likeness (QED) is 0.823. The van der Waals surface area contributed by atoms with Gasteiger partial charge in [0.2, 0.25) is 0 Å². The van der Waals surface area contributed by atoms with Gasteiger partial charge in [-0.05, 0) is 50.7 Å². The van der Waals surface area contributed by atoms with Crippen molar-refractivity contribution in [3.8, 4) is 0 Å². The average Bonchev–Trinajstić information content (AvgIpc) is 3.08. The number of piperazine rings is 1. The van der Waals surface area contributed by atoms with Crippen LogP contribution in [0.1, 0.15) is 44.2 Å². The summed E-state index contributed by atoms with van der Waals surface area (Å²) in [5.41, 5.74) is 2.12. The summed E-state index contributed by atoms with van der Waals surface area (Å²) in [6.07, 6.45) is 4.68. The molecule has 0 aliphatic carbocycles. The van der Waals surface area contributed by atoms with E-state index in [9.17, 15) is 5.11 Å². The van der Waals surface area contributed by atoms with Gasteiger partial charge in [0.15, 0.2) is 0 Å². The molecule has 140 valence electrons. The average molecular weight is 347 g/mol.